The van der Waals surface area contributed by atoms with E-state index in [2.05, 4.69) is 43.2 Å². The third-order valence-corrected chi connectivity index (χ3v) is 4.46. The summed E-state index contributed by atoms with van der Waals surface area (Å²) in [5.41, 5.74) is 3.09. The lowest BCUT2D eigenvalue weighted by molar-refractivity contribution is 0.102. The van der Waals surface area contributed by atoms with Crippen LogP contribution in [-0.4, -0.2) is 30.0 Å². The van der Waals surface area contributed by atoms with Crippen molar-refractivity contribution in [1.82, 2.24) is 9.97 Å². The summed E-state index contributed by atoms with van der Waals surface area (Å²) in [6.07, 6.45) is 0. The highest BCUT2D eigenvalue weighted by atomic mass is 127. The van der Waals surface area contributed by atoms with Gasteiger partial charge in [0.25, 0.3) is 5.91 Å². The van der Waals surface area contributed by atoms with Crippen molar-refractivity contribution < 1.29 is 4.79 Å². The topological polar surface area (TPSA) is 70.2 Å². The summed E-state index contributed by atoms with van der Waals surface area (Å²) in [4.78, 5) is 23.2. The first-order chi connectivity index (χ1) is 12.9. The van der Waals surface area contributed by atoms with Gasteiger partial charge in [0, 0.05) is 46.4 Å². The molecule has 3 rings (SSSR count). The zero-order valence-corrected chi connectivity index (χ0v) is 17.5. The molecule has 2 N–H and O–H groups in total. The second kappa shape index (κ2) is 8.34. The standard InChI is InChI=1S/C20H20IN5O/c1-13-11-18(26(2)3)25-20(22-13)24-17-9-7-16(8-10-17)23-19(27)14-5-4-6-15(21)12-14/h4-12H,1-3H3,(H,23,27)(H,22,24,25). The van der Waals surface area contributed by atoms with E-state index < -0.39 is 0 Å². The number of aryl methyl sites for hydroxylation is 1. The molecule has 0 saturated carbocycles. The van der Waals surface area contributed by atoms with E-state index >= 15 is 0 Å². The van der Waals surface area contributed by atoms with Gasteiger partial charge in [-0.15, -0.1) is 0 Å². The predicted octanol–water partition coefficient (Wildman–Crippen LogP) is 4.45. The molecule has 0 aliphatic carbocycles. The number of anilines is 4. The molecule has 0 aliphatic rings. The zero-order chi connectivity index (χ0) is 19.4. The predicted molar refractivity (Wildman–Crippen MR) is 118 cm³/mol. The fourth-order valence-electron chi connectivity index (χ4n) is 2.44. The highest BCUT2D eigenvalue weighted by Gasteiger charge is 2.07. The van der Waals surface area contributed by atoms with Gasteiger partial charge in [0.05, 0.1) is 0 Å². The molecule has 0 bridgehead atoms. The van der Waals surface area contributed by atoms with E-state index in [0.29, 0.717) is 11.5 Å². The van der Waals surface area contributed by atoms with Crippen LogP contribution in [0.4, 0.5) is 23.1 Å². The summed E-state index contributed by atoms with van der Waals surface area (Å²) >= 11 is 2.19. The molecule has 138 valence electrons. The Balaban J connectivity index is 1.70. The summed E-state index contributed by atoms with van der Waals surface area (Å²) < 4.78 is 1.02. The lowest BCUT2D eigenvalue weighted by Gasteiger charge is -2.14. The first-order valence-electron chi connectivity index (χ1n) is 8.38. The number of aromatic nitrogens is 2. The number of carbonyl (C=O) groups is 1. The first-order valence-corrected chi connectivity index (χ1v) is 9.45. The van der Waals surface area contributed by atoms with Crippen LogP contribution < -0.4 is 15.5 Å². The number of carbonyl (C=O) groups excluding carboxylic acids is 1. The van der Waals surface area contributed by atoms with Crippen LogP contribution in [0.5, 0.6) is 0 Å². The van der Waals surface area contributed by atoms with E-state index in [-0.39, 0.29) is 5.91 Å². The van der Waals surface area contributed by atoms with Gasteiger partial charge in [0.2, 0.25) is 5.95 Å². The number of benzene rings is 2. The molecule has 0 saturated heterocycles. The van der Waals surface area contributed by atoms with Gasteiger partial charge >= 0.3 is 0 Å². The molecule has 7 heteroatoms. The molecular formula is C20H20IN5O. The first kappa shape index (κ1) is 19.1. The van der Waals surface area contributed by atoms with Crippen LogP contribution in [-0.2, 0) is 0 Å². The van der Waals surface area contributed by atoms with Gasteiger partial charge in [-0.05, 0) is 72.0 Å². The van der Waals surface area contributed by atoms with Crippen molar-refractivity contribution in [2.75, 3.05) is 29.6 Å². The summed E-state index contributed by atoms with van der Waals surface area (Å²) in [6.45, 7) is 1.93. The lowest BCUT2D eigenvalue weighted by atomic mass is 10.2. The number of hydrogen-bond acceptors (Lipinski definition) is 5. The minimum Gasteiger partial charge on any atom is -0.363 e. The highest BCUT2D eigenvalue weighted by Crippen LogP contribution is 2.20. The molecule has 3 aromatic rings. The molecule has 1 amide bonds. The molecule has 0 radical (unpaired) electrons. The molecular weight excluding hydrogens is 453 g/mol. The molecule has 2 aromatic carbocycles. The van der Waals surface area contributed by atoms with Crippen molar-refractivity contribution in [1.29, 1.82) is 0 Å². The Hall–Kier alpha value is -2.68. The van der Waals surface area contributed by atoms with Gasteiger partial charge in [-0.25, -0.2) is 4.98 Å². The maximum absolute atomic E-state index is 12.3. The number of nitrogens with one attached hydrogen (secondary N) is 2. The van der Waals surface area contributed by atoms with Crippen molar-refractivity contribution in [2.45, 2.75) is 6.92 Å². The van der Waals surface area contributed by atoms with Gasteiger partial charge < -0.3 is 15.5 Å². The highest BCUT2D eigenvalue weighted by molar-refractivity contribution is 14.1. The van der Waals surface area contributed by atoms with Crippen molar-refractivity contribution >= 4 is 51.6 Å². The molecule has 0 atom stereocenters. The van der Waals surface area contributed by atoms with Crippen LogP contribution in [0.1, 0.15) is 16.1 Å². The Labute approximate surface area is 172 Å². The van der Waals surface area contributed by atoms with Crippen molar-refractivity contribution in [3.8, 4) is 0 Å². The van der Waals surface area contributed by atoms with Crippen LogP contribution in [0.25, 0.3) is 0 Å². The quantitative estimate of drug-likeness (QED) is 0.536. The van der Waals surface area contributed by atoms with E-state index in [1.807, 2.05) is 74.4 Å². The minimum absolute atomic E-state index is 0.133. The Kier molecular flexibility index (Phi) is 5.90. The summed E-state index contributed by atoms with van der Waals surface area (Å²) in [6, 6.07) is 16.8. The van der Waals surface area contributed by atoms with Crippen LogP contribution in [0.2, 0.25) is 0 Å². The average Bonchev–Trinajstić information content (AvgIpc) is 2.63. The van der Waals surface area contributed by atoms with Crippen LogP contribution in [0.15, 0.2) is 54.6 Å². The second-order valence-electron chi connectivity index (χ2n) is 6.25. The van der Waals surface area contributed by atoms with Gasteiger partial charge in [-0.3, -0.25) is 4.79 Å². The largest absolute Gasteiger partial charge is 0.363 e. The van der Waals surface area contributed by atoms with Gasteiger partial charge in [0.15, 0.2) is 0 Å². The average molecular weight is 473 g/mol. The molecule has 27 heavy (non-hydrogen) atoms. The number of halogens is 1. The van der Waals surface area contributed by atoms with Crippen LogP contribution in [0.3, 0.4) is 0 Å². The van der Waals surface area contributed by atoms with Gasteiger partial charge in [0.1, 0.15) is 5.82 Å². The number of hydrogen-bond donors (Lipinski definition) is 2. The number of rotatable bonds is 5. The van der Waals surface area contributed by atoms with Crippen molar-refractivity contribution in [3.05, 3.63) is 69.4 Å². The minimum atomic E-state index is -0.133. The van der Waals surface area contributed by atoms with Gasteiger partial charge in [-0.1, -0.05) is 6.07 Å². The van der Waals surface area contributed by atoms with E-state index in [9.17, 15) is 4.79 Å². The molecule has 0 aliphatic heterocycles. The molecule has 0 spiro atoms. The van der Waals surface area contributed by atoms with E-state index in [1.165, 1.54) is 0 Å². The fourth-order valence-corrected chi connectivity index (χ4v) is 2.98. The summed E-state index contributed by atoms with van der Waals surface area (Å²) in [5, 5.41) is 6.10. The number of nitrogens with zero attached hydrogens (tertiary/aromatic N) is 3. The molecule has 1 aromatic heterocycles. The van der Waals surface area contributed by atoms with Gasteiger partial charge in [-0.2, -0.15) is 4.98 Å². The Morgan fingerprint density at radius 1 is 1.00 bits per heavy atom. The van der Waals surface area contributed by atoms with E-state index in [0.717, 1.165) is 26.5 Å². The van der Waals surface area contributed by atoms with Crippen LogP contribution in [0, 0.1) is 10.5 Å². The van der Waals surface area contributed by atoms with E-state index in [4.69, 9.17) is 0 Å². The third kappa shape index (κ3) is 5.16. The lowest BCUT2D eigenvalue weighted by Crippen LogP contribution is -2.13. The van der Waals surface area contributed by atoms with Crippen molar-refractivity contribution in [3.63, 3.8) is 0 Å². The Morgan fingerprint density at radius 3 is 2.37 bits per heavy atom. The molecule has 0 fully saturated rings. The summed E-state index contributed by atoms with van der Waals surface area (Å²) in [5.74, 6) is 1.24. The van der Waals surface area contributed by atoms with Crippen molar-refractivity contribution in [2.24, 2.45) is 0 Å². The molecule has 1 heterocycles. The maximum atomic E-state index is 12.3. The smallest absolute Gasteiger partial charge is 0.255 e. The SMILES string of the molecule is Cc1cc(N(C)C)nc(Nc2ccc(NC(=O)c3cccc(I)c3)cc2)n1. The third-order valence-electron chi connectivity index (χ3n) is 3.78. The fraction of sp³-hybridized carbons (Fsp3) is 0.150. The summed E-state index contributed by atoms with van der Waals surface area (Å²) in [7, 11) is 3.88. The zero-order valence-electron chi connectivity index (χ0n) is 15.3. The monoisotopic (exact) mass is 473 g/mol. The number of amides is 1. The van der Waals surface area contributed by atoms with E-state index in [1.54, 1.807) is 6.07 Å². The molecule has 6 nitrogen and oxygen atoms in total. The van der Waals surface area contributed by atoms with Crippen LogP contribution >= 0.6 is 22.6 Å². The normalized spacial score (nSPS) is 10.4. The second-order valence-corrected chi connectivity index (χ2v) is 7.50. The molecule has 0 unspecified atom stereocenters. The Morgan fingerprint density at radius 2 is 1.70 bits per heavy atom. The maximum Gasteiger partial charge on any atom is 0.255 e. The Bertz CT molecular complexity index is 957.